The first kappa shape index (κ1) is 18.7. The fraction of sp³-hybridized carbons (Fsp3) is 0.444. The Morgan fingerprint density at radius 2 is 2.15 bits per heavy atom. The first-order valence-electron chi connectivity index (χ1n) is 8.73. The third-order valence-corrected chi connectivity index (χ3v) is 4.73. The number of carbonyl (C=O) groups is 1. The van der Waals surface area contributed by atoms with Crippen LogP contribution in [0.5, 0.6) is 0 Å². The molecule has 1 saturated heterocycles. The van der Waals surface area contributed by atoms with Crippen molar-refractivity contribution in [1.82, 2.24) is 24.8 Å². The Balaban J connectivity index is 1.64. The second-order valence-electron chi connectivity index (χ2n) is 6.96. The lowest BCUT2D eigenvalue weighted by atomic mass is 10.2. The molecule has 0 spiro atoms. The highest BCUT2D eigenvalue weighted by molar-refractivity contribution is 5.92. The van der Waals surface area contributed by atoms with Gasteiger partial charge in [-0.2, -0.15) is 5.26 Å². The van der Waals surface area contributed by atoms with Crippen molar-refractivity contribution in [3.8, 4) is 6.07 Å². The van der Waals surface area contributed by atoms with E-state index >= 15 is 0 Å². The van der Waals surface area contributed by atoms with Crippen molar-refractivity contribution in [3.63, 3.8) is 0 Å². The number of nitrogens with zero attached hydrogens (tertiary/aromatic N) is 5. The molecule has 3 rings (SSSR count). The SMILES string of the molecule is CN(C)c1nc(CN(C)C2CCN(C(=O)c3ccc(C#N)[nH]3)C2)cc(=O)[nH]1. The molecule has 0 saturated carbocycles. The van der Waals surface area contributed by atoms with Crippen molar-refractivity contribution in [1.29, 1.82) is 5.26 Å². The van der Waals surface area contributed by atoms with Gasteiger partial charge in [0.1, 0.15) is 17.5 Å². The number of H-pyrrole nitrogens is 2. The highest BCUT2D eigenvalue weighted by Crippen LogP contribution is 2.18. The minimum Gasteiger partial charge on any atom is -0.348 e. The quantitative estimate of drug-likeness (QED) is 0.788. The second kappa shape index (κ2) is 7.63. The van der Waals surface area contributed by atoms with Crippen LogP contribution >= 0.6 is 0 Å². The molecule has 3 heterocycles. The van der Waals surface area contributed by atoms with E-state index in [0.29, 0.717) is 42.7 Å². The lowest BCUT2D eigenvalue weighted by Gasteiger charge is -2.24. The molecule has 2 aromatic heterocycles. The molecule has 0 bridgehead atoms. The Morgan fingerprint density at radius 1 is 1.37 bits per heavy atom. The van der Waals surface area contributed by atoms with E-state index in [4.69, 9.17) is 5.26 Å². The number of aromatic amines is 2. The number of hydrogen-bond donors (Lipinski definition) is 2. The Morgan fingerprint density at radius 3 is 2.81 bits per heavy atom. The van der Waals surface area contributed by atoms with Gasteiger partial charge in [0, 0.05) is 45.8 Å². The summed E-state index contributed by atoms with van der Waals surface area (Å²) in [5.41, 5.74) is 1.32. The van der Waals surface area contributed by atoms with Gasteiger partial charge in [-0.25, -0.2) is 4.98 Å². The first-order chi connectivity index (χ1) is 12.9. The number of aromatic nitrogens is 3. The van der Waals surface area contributed by atoms with Crippen LogP contribution in [-0.4, -0.2) is 70.9 Å². The minimum absolute atomic E-state index is 0.100. The van der Waals surface area contributed by atoms with Gasteiger partial charge < -0.3 is 14.8 Å². The van der Waals surface area contributed by atoms with Crippen molar-refractivity contribution in [3.05, 3.63) is 45.6 Å². The van der Waals surface area contributed by atoms with E-state index in [1.54, 1.807) is 21.9 Å². The molecule has 1 fully saturated rings. The van der Waals surface area contributed by atoms with Gasteiger partial charge >= 0.3 is 0 Å². The van der Waals surface area contributed by atoms with Crippen LogP contribution in [-0.2, 0) is 6.54 Å². The average Bonchev–Trinajstić information content (AvgIpc) is 3.30. The van der Waals surface area contributed by atoms with Crippen LogP contribution < -0.4 is 10.5 Å². The molecule has 1 aliphatic rings. The van der Waals surface area contributed by atoms with Crippen LogP contribution in [0.15, 0.2) is 23.0 Å². The highest BCUT2D eigenvalue weighted by Gasteiger charge is 2.30. The summed E-state index contributed by atoms with van der Waals surface area (Å²) >= 11 is 0. The van der Waals surface area contributed by atoms with Gasteiger partial charge in [0.2, 0.25) is 5.95 Å². The van der Waals surface area contributed by atoms with Crippen molar-refractivity contribution in [2.24, 2.45) is 0 Å². The highest BCUT2D eigenvalue weighted by atomic mass is 16.2. The number of rotatable bonds is 5. The number of carbonyl (C=O) groups excluding carboxylic acids is 1. The Labute approximate surface area is 157 Å². The number of anilines is 1. The smallest absolute Gasteiger partial charge is 0.270 e. The fourth-order valence-electron chi connectivity index (χ4n) is 3.21. The van der Waals surface area contributed by atoms with Crippen LogP contribution in [0.2, 0.25) is 0 Å². The number of amides is 1. The molecule has 1 unspecified atom stereocenters. The second-order valence-corrected chi connectivity index (χ2v) is 6.96. The van der Waals surface area contributed by atoms with Crippen LogP contribution in [0.3, 0.4) is 0 Å². The van der Waals surface area contributed by atoms with Gasteiger partial charge in [0.15, 0.2) is 0 Å². The van der Waals surface area contributed by atoms with E-state index in [9.17, 15) is 9.59 Å². The number of nitrogens with one attached hydrogen (secondary N) is 2. The van der Waals surface area contributed by atoms with E-state index in [2.05, 4.69) is 19.9 Å². The van der Waals surface area contributed by atoms with Gasteiger partial charge in [-0.3, -0.25) is 19.5 Å². The van der Waals surface area contributed by atoms with E-state index < -0.39 is 0 Å². The molecule has 0 radical (unpaired) electrons. The molecule has 1 amide bonds. The number of likely N-dealkylation sites (tertiary alicyclic amines) is 1. The molecule has 2 N–H and O–H groups in total. The Hall–Kier alpha value is -3.12. The molecular weight excluding hydrogens is 346 g/mol. The van der Waals surface area contributed by atoms with E-state index in [1.165, 1.54) is 6.07 Å². The maximum absolute atomic E-state index is 12.6. The molecular formula is C18H23N7O2. The summed E-state index contributed by atoms with van der Waals surface area (Å²) in [5.74, 6) is 0.422. The van der Waals surface area contributed by atoms with Crippen LogP contribution in [0.4, 0.5) is 5.95 Å². The molecule has 1 atom stereocenters. The number of hydrogen-bond acceptors (Lipinski definition) is 6. The van der Waals surface area contributed by atoms with Crippen molar-refractivity contribution in [2.75, 3.05) is 39.1 Å². The third kappa shape index (κ3) is 4.17. The molecule has 0 aliphatic carbocycles. The molecule has 9 nitrogen and oxygen atoms in total. The van der Waals surface area contributed by atoms with Crippen LogP contribution in [0, 0.1) is 11.3 Å². The molecule has 9 heteroatoms. The maximum Gasteiger partial charge on any atom is 0.270 e. The zero-order valence-electron chi connectivity index (χ0n) is 15.7. The van der Waals surface area contributed by atoms with Gasteiger partial charge in [-0.1, -0.05) is 0 Å². The minimum atomic E-state index is -0.180. The largest absolute Gasteiger partial charge is 0.348 e. The Bertz CT molecular complexity index is 924. The molecule has 2 aromatic rings. The van der Waals surface area contributed by atoms with Gasteiger partial charge in [0.05, 0.1) is 5.69 Å². The summed E-state index contributed by atoms with van der Waals surface area (Å²) < 4.78 is 0. The predicted molar refractivity (Wildman–Crippen MR) is 100 cm³/mol. The molecule has 27 heavy (non-hydrogen) atoms. The van der Waals surface area contributed by atoms with Crippen LogP contribution in [0.1, 0.15) is 28.3 Å². The van der Waals surface area contributed by atoms with E-state index in [0.717, 1.165) is 6.42 Å². The lowest BCUT2D eigenvalue weighted by Crippen LogP contribution is -2.36. The first-order valence-corrected chi connectivity index (χ1v) is 8.73. The third-order valence-electron chi connectivity index (χ3n) is 4.73. The monoisotopic (exact) mass is 369 g/mol. The summed E-state index contributed by atoms with van der Waals surface area (Å²) in [4.78, 5) is 40.0. The standard InChI is InChI=1S/C18H23N7O2/c1-23(2)18-21-13(8-16(26)22-18)10-24(3)14-6-7-25(11-14)17(27)15-5-4-12(9-19)20-15/h4-5,8,14,20H,6-7,10-11H2,1-3H3,(H,21,22,26). The van der Waals surface area contributed by atoms with Crippen LogP contribution in [0.25, 0.3) is 0 Å². The zero-order chi connectivity index (χ0) is 19.6. The number of likely N-dealkylation sites (N-methyl/N-ethyl adjacent to an activating group) is 1. The molecule has 0 aromatic carbocycles. The topological polar surface area (TPSA) is 112 Å². The van der Waals surface area contributed by atoms with Crippen molar-refractivity contribution >= 4 is 11.9 Å². The average molecular weight is 369 g/mol. The predicted octanol–water partition coefficient (Wildman–Crippen LogP) is 0.382. The number of nitriles is 1. The van der Waals surface area contributed by atoms with Gasteiger partial charge in [0.25, 0.3) is 11.5 Å². The summed E-state index contributed by atoms with van der Waals surface area (Å²) in [6, 6.07) is 6.92. The van der Waals surface area contributed by atoms with Gasteiger partial charge in [-0.05, 0) is 25.6 Å². The van der Waals surface area contributed by atoms with Crippen molar-refractivity contribution < 1.29 is 4.79 Å². The summed E-state index contributed by atoms with van der Waals surface area (Å²) in [6.45, 7) is 1.78. The van der Waals surface area contributed by atoms with E-state index in [-0.39, 0.29) is 17.5 Å². The van der Waals surface area contributed by atoms with E-state index in [1.807, 2.05) is 27.2 Å². The fourth-order valence-corrected chi connectivity index (χ4v) is 3.21. The zero-order valence-corrected chi connectivity index (χ0v) is 15.7. The maximum atomic E-state index is 12.6. The summed E-state index contributed by atoms with van der Waals surface area (Å²) in [6.07, 6.45) is 0.845. The Kier molecular flexibility index (Phi) is 5.28. The van der Waals surface area contributed by atoms with Crippen molar-refractivity contribution in [2.45, 2.75) is 19.0 Å². The molecule has 142 valence electrons. The summed E-state index contributed by atoms with van der Waals surface area (Å²) in [7, 11) is 5.62. The summed E-state index contributed by atoms with van der Waals surface area (Å²) in [5, 5.41) is 8.88. The lowest BCUT2D eigenvalue weighted by molar-refractivity contribution is 0.0774. The van der Waals surface area contributed by atoms with Gasteiger partial charge in [-0.15, -0.1) is 0 Å². The normalized spacial score (nSPS) is 16.6. The molecule has 1 aliphatic heterocycles.